The fraction of sp³-hybridized carbons (Fsp3) is 0.0556. The summed E-state index contributed by atoms with van der Waals surface area (Å²) in [5.41, 5.74) is 1.90. The number of ether oxygens (including phenoxy) is 1. The first kappa shape index (κ1) is 15.9. The second-order valence-corrected chi connectivity index (χ2v) is 5.51. The van der Waals surface area contributed by atoms with Gasteiger partial charge in [-0.25, -0.2) is 0 Å². The van der Waals surface area contributed by atoms with Crippen molar-refractivity contribution >= 4 is 41.0 Å². The number of nitrogens with zero attached hydrogens (tertiary/aromatic N) is 1. The minimum Gasteiger partial charge on any atom is -0.427 e. The number of esters is 1. The monoisotopic (exact) mass is 338 g/mol. The first-order valence-corrected chi connectivity index (χ1v) is 7.66. The van der Waals surface area contributed by atoms with Gasteiger partial charge in [0.1, 0.15) is 11.4 Å². The molecule has 1 aliphatic rings. The van der Waals surface area contributed by atoms with E-state index >= 15 is 0 Å². The molecule has 6 heteroatoms. The van der Waals surface area contributed by atoms with E-state index in [1.807, 2.05) is 30.3 Å². The van der Waals surface area contributed by atoms with E-state index in [9.17, 15) is 9.59 Å². The van der Waals surface area contributed by atoms with Crippen LogP contribution < -0.4 is 15.0 Å². The van der Waals surface area contributed by atoms with Gasteiger partial charge in [0.2, 0.25) is 0 Å². The van der Waals surface area contributed by atoms with E-state index < -0.39 is 0 Å². The van der Waals surface area contributed by atoms with E-state index in [1.54, 1.807) is 30.3 Å². The molecule has 1 fully saturated rings. The van der Waals surface area contributed by atoms with Crippen molar-refractivity contribution in [3.05, 3.63) is 65.9 Å². The Balaban J connectivity index is 1.82. The zero-order chi connectivity index (χ0) is 17.1. The van der Waals surface area contributed by atoms with Crippen LogP contribution in [-0.2, 0) is 9.59 Å². The van der Waals surface area contributed by atoms with Gasteiger partial charge in [0, 0.05) is 6.92 Å². The van der Waals surface area contributed by atoms with E-state index in [4.69, 9.17) is 17.0 Å². The molecule has 0 spiro atoms. The Bertz CT molecular complexity index is 829. The lowest BCUT2D eigenvalue weighted by Gasteiger charge is -2.13. The summed E-state index contributed by atoms with van der Waals surface area (Å²) in [7, 11) is 0. The van der Waals surface area contributed by atoms with Gasteiger partial charge in [0.15, 0.2) is 5.11 Å². The molecule has 0 unspecified atom stereocenters. The highest BCUT2D eigenvalue weighted by atomic mass is 32.1. The molecule has 1 amide bonds. The molecular formula is C18H14N2O3S. The summed E-state index contributed by atoms with van der Waals surface area (Å²) >= 11 is 5.26. The van der Waals surface area contributed by atoms with Crippen molar-refractivity contribution < 1.29 is 14.3 Å². The summed E-state index contributed by atoms with van der Waals surface area (Å²) in [6.07, 6.45) is 1.70. The van der Waals surface area contributed by atoms with Crippen LogP contribution in [0.3, 0.4) is 0 Å². The standard InChI is InChI=1S/C18H14N2O3S/c1-12(21)23-15-9-7-13(8-10-15)11-16-17(22)20(18(24)19-16)14-5-3-2-4-6-14/h2-11H,1H3,(H,19,24)/b16-11+. The molecule has 120 valence electrons. The highest BCUT2D eigenvalue weighted by Crippen LogP contribution is 2.22. The molecule has 2 aromatic carbocycles. The molecule has 0 bridgehead atoms. The average molecular weight is 338 g/mol. The number of anilines is 1. The van der Waals surface area contributed by atoms with Crippen molar-refractivity contribution in [2.45, 2.75) is 6.92 Å². The predicted molar refractivity (Wildman–Crippen MR) is 95.4 cm³/mol. The largest absolute Gasteiger partial charge is 0.427 e. The maximum atomic E-state index is 12.6. The SMILES string of the molecule is CC(=O)Oc1ccc(/C=C2/NC(=S)N(c3ccccc3)C2=O)cc1. The Morgan fingerprint density at radius 3 is 2.42 bits per heavy atom. The summed E-state index contributed by atoms with van der Waals surface area (Å²) in [6, 6.07) is 16.1. The molecule has 0 saturated carbocycles. The molecule has 24 heavy (non-hydrogen) atoms. The second kappa shape index (κ2) is 6.64. The van der Waals surface area contributed by atoms with Crippen molar-refractivity contribution in [2.75, 3.05) is 4.90 Å². The van der Waals surface area contributed by atoms with Crippen molar-refractivity contribution in [1.29, 1.82) is 0 Å². The van der Waals surface area contributed by atoms with Crippen molar-refractivity contribution in [3.8, 4) is 5.75 Å². The Morgan fingerprint density at radius 2 is 1.79 bits per heavy atom. The fourth-order valence-corrected chi connectivity index (χ4v) is 2.61. The minimum atomic E-state index is -0.377. The Morgan fingerprint density at radius 1 is 1.12 bits per heavy atom. The molecule has 1 heterocycles. The fourth-order valence-electron chi connectivity index (χ4n) is 2.31. The number of thiocarbonyl (C=S) groups is 1. The number of benzene rings is 2. The highest BCUT2D eigenvalue weighted by molar-refractivity contribution is 7.80. The Kier molecular flexibility index (Phi) is 4.39. The van der Waals surface area contributed by atoms with Crippen LogP contribution in [-0.4, -0.2) is 17.0 Å². The predicted octanol–water partition coefficient (Wildman–Crippen LogP) is 2.87. The lowest BCUT2D eigenvalue weighted by atomic mass is 10.2. The summed E-state index contributed by atoms with van der Waals surface area (Å²) in [4.78, 5) is 24.9. The molecule has 1 saturated heterocycles. The molecule has 2 aromatic rings. The van der Waals surface area contributed by atoms with Gasteiger partial charge in [-0.3, -0.25) is 14.5 Å². The molecule has 1 aliphatic heterocycles. The van der Waals surface area contributed by atoms with Gasteiger partial charge >= 0.3 is 5.97 Å². The number of rotatable bonds is 3. The van der Waals surface area contributed by atoms with Crippen LogP contribution in [0.5, 0.6) is 5.75 Å². The van der Waals surface area contributed by atoms with Gasteiger partial charge in [0.05, 0.1) is 5.69 Å². The van der Waals surface area contributed by atoms with Crippen LogP contribution in [0.1, 0.15) is 12.5 Å². The van der Waals surface area contributed by atoms with E-state index in [0.29, 0.717) is 22.2 Å². The second-order valence-electron chi connectivity index (χ2n) is 5.13. The van der Waals surface area contributed by atoms with Gasteiger partial charge < -0.3 is 10.1 Å². The van der Waals surface area contributed by atoms with Crippen LogP contribution in [0, 0.1) is 0 Å². The van der Waals surface area contributed by atoms with E-state index in [0.717, 1.165) is 5.56 Å². The number of nitrogens with one attached hydrogen (secondary N) is 1. The van der Waals surface area contributed by atoms with Gasteiger partial charge in [-0.1, -0.05) is 30.3 Å². The molecule has 5 nitrogen and oxygen atoms in total. The molecule has 0 atom stereocenters. The summed E-state index contributed by atoms with van der Waals surface area (Å²) in [5, 5.41) is 3.27. The van der Waals surface area contributed by atoms with Crippen LogP contribution in [0.2, 0.25) is 0 Å². The van der Waals surface area contributed by atoms with Gasteiger partial charge in [0.25, 0.3) is 5.91 Å². The van der Waals surface area contributed by atoms with Crippen molar-refractivity contribution in [1.82, 2.24) is 5.32 Å². The first-order valence-electron chi connectivity index (χ1n) is 7.25. The van der Waals surface area contributed by atoms with Crippen molar-refractivity contribution in [3.63, 3.8) is 0 Å². The number of hydrogen-bond acceptors (Lipinski definition) is 4. The smallest absolute Gasteiger partial charge is 0.308 e. The van der Waals surface area contributed by atoms with E-state index in [2.05, 4.69) is 5.32 Å². The van der Waals surface area contributed by atoms with E-state index in [-0.39, 0.29) is 11.9 Å². The molecule has 0 aliphatic carbocycles. The topological polar surface area (TPSA) is 58.6 Å². The molecule has 0 radical (unpaired) electrons. The van der Waals surface area contributed by atoms with Crippen LogP contribution in [0.4, 0.5) is 5.69 Å². The first-order chi connectivity index (χ1) is 11.5. The average Bonchev–Trinajstić information content (AvgIpc) is 2.83. The van der Waals surface area contributed by atoms with Crippen LogP contribution in [0.25, 0.3) is 6.08 Å². The normalized spacial score (nSPS) is 15.5. The maximum Gasteiger partial charge on any atom is 0.308 e. The third kappa shape index (κ3) is 3.33. The zero-order valence-electron chi connectivity index (χ0n) is 12.9. The number of carbonyl (C=O) groups is 2. The minimum absolute atomic E-state index is 0.213. The highest BCUT2D eigenvalue weighted by Gasteiger charge is 2.31. The number of para-hydroxylation sites is 1. The lowest BCUT2D eigenvalue weighted by Crippen LogP contribution is -2.30. The Hall–Kier alpha value is -2.99. The van der Waals surface area contributed by atoms with Gasteiger partial charge in [-0.15, -0.1) is 0 Å². The number of amides is 1. The quantitative estimate of drug-likeness (QED) is 0.404. The van der Waals surface area contributed by atoms with Crippen LogP contribution >= 0.6 is 12.2 Å². The zero-order valence-corrected chi connectivity index (χ0v) is 13.7. The maximum absolute atomic E-state index is 12.6. The summed E-state index contributed by atoms with van der Waals surface area (Å²) < 4.78 is 4.98. The van der Waals surface area contributed by atoms with Gasteiger partial charge in [-0.2, -0.15) is 0 Å². The molecular weight excluding hydrogens is 324 g/mol. The number of hydrogen-bond donors (Lipinski definition) is 1. The third-order valence-electron chi connectivity index (χ3n) is 3.35. The van der Waals surface area contributed by atoms with Gasteiger partial charge in [-0.05, 0) is 48.1 Å². The third-order valence-corrected chi connectivity index (χ3v) is 3.63. The molecule has 3 rings (SSSR count). The summed E-state index contributed by atoms with van der Waals surface area (Å²) in [5.74, 6) is -0.135. The lowest BCUT2D eigenvalue weighted by molar-refractivity contribution is -0.131. The van der Waals surface area contributed by atoms with E-state index in [1.165, 1.54) is 11.8 Å². The Labute approximate surface area is 144 Å². The van der Waals surface area contributed by atoms with Crippen LogP contribution in [0.15, 0.2) is 60.3 Å². The summed E-state index contributed by atoms with van der Waals surface area (Å²) in [6.45, 7) is 1.34. The number of carbonyl (C=O) groups excluding carboxylic acids is 2. The van der Waals surface area contributed by atoms with Crippen molar-refractivity contribution in [2.24, 2.45) is 0 Å². The molecule has 1 N–H and O–H groups in total. The molecule has 0 aromatic heterocycles.